The molecule has 0 unspecified atom stereocenters. The Morgan fingerprint density at radius 2 is 2.29 bits per heavy atom. The Balaban J connectivity index is 1.67. The second-order valence-corrected chi connectivity index (χ2v) is 5.36. The zero-order chi connectivity index (χ0) is 11.7. The zero-order valence-corrected chi connectivity index (χ0v) is 10.3. The Morgan fingerprint density at radius 1 is 1.35 bits per heavy atom. The number of ether oxygens (including phenoxy) is 1. The quantitative estimate of drug-likeness (QED) is 0.847. The van der Waals surface area contributed by atoms with Crippen LogP contribution in [0.25, 0.3) is 0 Å². The maximum atomic E-state index is 5.69. The molecule has 1 aliphatic carbocycles. The van der Waals surface area contributed by atoms with Crippen LogP contribution in [0.4, 0.5) is 5.69 Å². The molecular formula is C13H14N2OS. The SMILES string of the molecule is Nc1cccc(OCc2nc3c(s2)CCC3)c1. The summed E-state index contributed by atoms with van der Waals surface area (Å²) in [6.07, 6.45) is 3.57. The summed E-state index contributed by atoms with van der Waals surface area (Å²) in [4.78, 5) is 6.03. The molecule has 1 heterocycles. The van der Waals surface area contributed by atoms with Gasteiger partial charge in [0, 0.05) is 16.6 Å². The van der Waals surface area contributed by atoms with Crippen LogP contribution in [-0.4, -0.2) is 4.98 Å². The smallest absolute Gasteiger partial charge is 0.140 e. The lowest BCUT2D eigenvalue weighted by atomic mass is 10.3. The van der Waals surface area contributed by atoms with Gasteiger partial charge in [-0.3, -0.25) is 0 Å². The van der Waals surface area contributed by atoms with Gasteiger partial charge in [0.2, 0.25) is 0 Å². The van der Waals surface area contributed by atoms with E-state index in [4.69, 9.17) is 10.5 Å². The van der Waals surface area contributed by atoms with Gasteiger partial charge in [-0.25, -0.2) is 4.98 Å². The summed E-state index contributed by atoms with van der Waals surface area (Å²) in [6.45, 7) is 0.543. The normalized spacial score (nSPS) is 13.6. The van der Waals surface area contributed by atoms with Gasteiger partial charge in [0.05, 0.1) is 5.69 Å². The number of anilines is 1. The maximum Gasteiger partial charge on any atom is 0.140 e. The van der Waals surface area contributed by atoms with Crippen LogP contribution in [0, 0.1) is 0 Å². The fourth-order valence-corrected chi connectivity index (χ4v) is 3.13. The first kappa shape index (κ1) is 10.6. The van der Waals surface area contributed by atoms with E-state index in [0.29, 0.717) is 6.61 Å². The average Bonchev–Trinajstić information content (AvgIpc) is 2.86. The van der Waals surface area contributed by atoms with Crippen LogP contribution in [0.1, 0.15) is 22.0 Å². The third kappa shape index (κ3) is 2.26. The molecule has 0 fully saturated rings. The summed E-state index contributed by atoms with van der Waals surface area (Å²) in [7, 11) is 0. The van der Waals surface area contributed by atoms with E-state index in [9.17, 15) is 0 Å². The molecule has 0 saturated heterocycles. The molecule has 0 spiro atoms. The van der Waals surface area contributed by atoms with Crippen molar-refractivity contribution in [3.8, 4) is 5.75 Å². The Morgan fingerprint density at radius 3 is 3.12 bits per heavy atom. The van der Waals surface area contributed by atoms with E-state index in [1.807, 2.05) is 24.3 Å². The molecular weight excluding hydrogens is 232 g/mol. The van der Waals surface area contributed by atoms with Crippen molar-refractivity contribution in [2.45, 2.75) is 25.9 Å². The van der Waals surface area contributed by atoms with Gasteiger partial charge in [0.1, 0.15) is 17.4 Å². The van der Waals surface area contributed by atoms with E-state index >= 15 is 0 Å². The lowest BCUT2D eigenvalue weighted by molar-refractivity contribution is 0.305. The van der Waals surface area contributed by atoms with E-state index in [-0.39, 0.29) is 0 Å². The molecule has 0 radical (unpaired) electrons. The number of nitrogen functional groups attached to an aromatic ring is 1. The van der Waals surface area contributed by atoms with Crippen molar-refractivity contribution >= 4 is 17.0 Å². The Hall–Kier alpha value is -1.55. The van der Waals surface area contributed by atoms with Gasteiger partial charge in [-0.2, -0.15) is 0 Å². The summed E-state index contributed by atoms with van der Waals surface area (Å²) < 4.78 is 5.68. The first-order chi connectivity index (χ1) is 8.31. The Bertz CT molecular complexity index is 514. The molecule has 0 atom stereocenters. The molecule has 17 heavy (non-hydrogen) atoms. The number of benzene rings is 1. The van der Waals surface area contributed by atoms with Gasteiger partial charge < -0.3 is 10.5 Å². The first-order valence-corrected chi connectivity index (χ1v) is 6.59. The minimum atomic E-state index is 0.543. The van der Waals surface area contributed by atoms with Crippen molar-refractivity contribution in [2.75, 3.05) is 5.73 Å². The minimum Gasteiger partial charge on any atom is -0.486 e. The van der Waals surface area contributed by atoms with Crippen LogP contribution in [0.3, 0.4) is 0 Å². The largest absolute Gasteiger partial charge is 0.486 e. The number of hydrogen-bond donors (Lipinski definition) is 1. The van der Waals surface area contributed by atoms with Crippen LogP contribution in [0.5, 0.6) is 5.75 Å². The van der Waals surface area contributed by atoms with Crippen molar-refractivity contribution in [1.82, 2.24) is 4.98 Å². The highest BCUT2D eigenvalue weighted by Crippen LogP contribution is 2.28. The molecule has 88 valence electrons. The lowest BCUT2D eigenvalue weighted by Crippen LogP contribution is -1.96. The standard InChI is InChI=1S/C13H14N2OS/c14-9-3-1-4-10(7-9)16-8-13-15-11-5-2-6-12(11)17-13/h1,3-4,7H,2,5-6,8,14H2. The second kappa shape index (κ2) is 4.37. The lowest BCUT2D eigenvalue weighted by Gasteiger charge is -2.04. The number of aryl methyl sites for hydroxylation is 2. The minimum absolute atomic E-state index is 0.543. The van der Waals surface area contributed by atoms with Crippen LogP contribution in [0.15, 0.2) is 24.3 Å². The average molecular weight is 246 g/mol. The maximum absolute atomic E-state index is 5.69. The Labute approximate surface area is 104 Å². The second-order valence-electron chi connectivity index (χ2n) is 4.19. The molecule has 3 nitrogen and oxygen atoms in total. The number of aromatic nitrogens is 1. The van der Waals surface area contributed by atoms with Gasteiger partial charge in [-0.15, -0.1) is 11.3 Å². The van der Waals surface area contributed by atoms with Crippen molar-refractivity contribution in [2.24, 2.45) is 0 Å². The van der Waals surface area contributed by atoms with Crippen molar-refractivity contribution in [3.05, 3.63) is 39.8 Å². The first-order valence-electron chi connectivity index (χ1n) is 5.77. The summed E-state index contributed by atoms with van der Waals surface area (Å²) in [5.41, 5.74) is 7.70. The van der Waals surface area contributed by atoms with Crippen LogP contribution >= 0.6 is 11.3 Å². The number of rotatable bonds is 3. The molecule has 1 aliphatic rings. The number of nitrogens with two attached hydrogens (primary N) is 1. The molecule has 1 aromatic heterocycles. The van der Waals surface area contributed by atoms with Gasteiger partial charge in [-0.05, 0) is 31.4 Å². The monoisotopic (exact) mass is 246 g/mol. The predicted octanol–water partition coefficient (Wildman–Crippen LogP) is 2.79. The van der Waals surface area contributed by atoms with Gasteiger partial charge >= 0.3 is 0 Å². The molecule has 3 rings (SSSR count). The predicted molar refractivity (Wildman–Crippen MR) is 69.3 cm³/mol. The molecule has 0 bridgehead atoms. The Kier molecular flexibility index (Phi) is 2.73. The topological polar surface area (TPSA) is 48.1 Å². The van der Waals surface area contributed by atoms with Gasteiger partial charge in [-0.1, -0.05) is 6.07 Å². The van der Waals surface area contributed by atoms with Crippen molar-refractivity contribution in [1.29, 1.82) is 0 Å². The molecule has 0 saturated carbocycles. The summed E-state index contributed by atoms with van der Waals surface area (Å²) in [5.74, 6) is 0.806. The van der Waals surface area contributed by atoms with Gasteiger partial charge in [0.25, 0.3) is 0 Å². The highest BCUT2D eigenvalue weighted by atomic mass is 32.1. The molecule has 0 amide bonds. The number of fused-ring (bicyclic) bond motifs is 1. The summed E-state index contributed by atoms with van der Waals surface area (Å²) >= 11 is 1.78. The van der Waals surface area contributed by atoms with Crippen molar-refractivity contribution in [3.63, 3.8) is 0 Å². The molecule has 2 N–H and O–H groups in total. The molecule has 4 heteroatoms. The number of thiazole rings is 1. The summed E-state index contributed by atoms with van der Waals surface area (Å²) in [5, 5.41) is 1.07. The van der Waals surface area contributed by atoms with Gasteiger partial charge in [0.15, 0.2) is 0 Å². The van der Waals surface area contributed by atoms with E-state index in [1.165, 1.54) is 23.4 Å². The fraction of sp³-hybridized carbons (Fsp3) is 0.308. The van der Waals surface area contributed by atoms with Crippen LogP contribution < -0.4 is 10.5 Å². The van der Waals surface area contributed by atoms with Crippen LogP contribution in [0.2, 0.25) is 0 Å². The van der Waals surface area contributed by atoms with E-state index < -0.39 is 0 Å². The zero-order valence-electron chi connectivity index (χ0n) is 9.48. The molecule has 1 aromatic carbocycles. The van der Waals surface area contributed by atoms with Crippen LogP contribution in [-0.2, 0) is 19.4 Å². The number of hydrogen-bond acceptors (Lipinski definition) is 4. The summed E-state index contributed by atoms with van der Waals surface area (Å²) in [6, 6.07) is 7.50. The highest BCUT2D eigenvalue weighted by molar-refractivity contribution is 7.11. The third-order valence-electron chi connectivity index (χ3n) is 2.86. The number of nitrogens with zero attached hydrogens (tertiary/aromatic N) is 1. The molecule has 2 aromatic rings. The van der Waals surface area contributed by atoms with E-state index in [0.717, 1.165) is 22.9 Å². The van der Waals surface area contributed by atoms with Crippen molar-refractivity contribution < 1.29 is 4.74 Å². The fourth-order valence-electron chi connectivity index (χ4n) is 2.05. The van der Waals surface area contributed by atoms with E-state index in [1.54, 1.807) is 11.3 Å². The molecule has 0 aliphatic heterocycles. The van der Waals surface area contributed by atoms with E-state index in [2.05, 4.69) is 4.98 Å². The highest BCUT2D eigenvalue weighted by Gasteiger charge is 2.16. The third-order valence-corrected chi connectivity index (χ3v) is 3.99.